The van der Waals surface area contributed by atoms with Gasteiger partial charge in [0.2, 0.25) is 16.0 Å². The molecule has 1 aromatic rings. The van der Waals surface area contributed by atoms with Crippen LogP contribution in [0.5, 0.6) is 0 Å². The fourth-order valence-corrected chi connectivity index (χ4v) is 2.03. The summed E-state index contributed by atoms with van der Waals surface area (Å²) in [7, 11) is -3.27. The summed E-state index contributed by atoms with van der Waals surface area (Å²) in [4.78, 5) is 7.54. The van der Waals surface area contributed by atoms with Crippen LogP contribution in [0.2, 0.25) is 0 Å². The molecule has 0 amide bonds. The molecule has 78 valence electrons. The Bertz CT molecular complexity index is 363. The number of sulfonamides is 1. The number of hydrogen-bond acceptors (Lipinski definition) is 4. The van der Waals surface area contributed by atoms with Crippen LogP contribution < -0.4 is 4.72 Å². The molecule has 6 heteroatoms. The maximum absolute atomic E-state index is 11.4. The van der Waals surface area contributed by atoms with Crippen molar-refractivity contribution in [2.24, 2.45) is 0 Å². The molecule has 0 fully saturated rings. The van der Waals surface area contributed by atoms with Crippen LogP contribution in [0.15, 0.2) is 18.5 Å². The van der Waals surface area contributed by atoms with Gasteiger partial charge in [-0.15, -0.1) is 0 Å². The Morgan fingerprint density at radius 2 is 2.00 bits per heavy atom. The first-order valence-electron chi connectivity index (χ1n) is 4.41. The molecule has 0 unspecified atom stereocenters. The molecule has 0 spiro atoms. The summed E-state index contributed by atoms with van der Waals surface area (Å²) < 4.78 is 25.0. The van der Waals surface area contributed by atoms with E-state index in [1.54, 1.807) is 6.07 Å². The first-order valence-corrected chi connectivity index (χ1v) is 6.07. The Morgan fingerprint density at radius 1 is 1.36 bits per heavy atom. The van der Waals surface area contributed by atoms with Crippen LogP contribution in [0, 0.1) is 0 Å². The van der Waals surface area contributed by atoms with Crippen LogP contribution in [-0.2, 0) is 10.0 Å². The lowest BCUT2D eigenvalue weighted by Crippen LogP contribution is -2.18. The molecule has 0 bridgehead atoms. The van der Waals surface area contributed by atoms with E-state index in [1.807, 2.05) is 6.92 Å². The van der Waals surface area contributed by atoms with Gasteiger partial charge in [0.05, 0.1) is 5.75 Å². The van der Waals surface area contributed by atoms with Gasteiger partial charge in [-0.1, -0.05) is 13.3 Å². The van der Waals surface area contributed by atoms with E-state index in [-0.39, 0.29) is 11.7 Å². The molecule has 0 aliphatic carbocycles. The lowest BCUT2D eigenvalue weighted by Gasteiger charge is -2.04. The van der Waals surface area contributed by atoms with Crippen molar-refractivity contribution in [1.82, 2.24) is 9.97 Å². The molecule has 1 rings (SSSR count). The number of nitrogens with one attached hydrogen (secondary N) is 1. The highest BCUT2D eigenvalue weighted by Crippen LogP contribution is 2.01. The van der Waals surface area contributed by atoms with Gasteiger partial charge >= 0.3 is 0 Å². The minimum Gasteiger partial charge on any atom is -0.251 e. The SMILES string of the molecule is CCCCS(=O)(=O)Nc1ncccn1. The van der Waals surface area contributed by atoms with Gasteiger partial charge in [0.25, 0.3) is 0 Å². The maximum Gasteiger partial charge on any atom is 0.236 e. The van der Waals surface area contributed by atoms with Gasteiger partial charge < -0.3 is 0 Å². The largest absolute Gasteiger partial charge is 0.251 e. The zero-order valence-electron chi connectivity index (χ0n) is 7.97. The fourth-order valence-electron chi connectivity index (χ4n) is 0.876. The highest BCUT2D eigenvalue weighted by atomic mass is 32.2. The Balaban J connectivity index is 2.60. The third-order valence-corrected chi connectivity index (χ3v) is 2.90. The molecule has 0 aromatic carbocycles. The minimum absolute atomic E-state index is 0.113. The van der Waals surface area contributed by atoms with Crippen LogP contribution in [0.4, 0.5) is 5.95 Å². The molecule has 0 aliphatic rings. The van der Waals surface area contributed by atoms with Crippen molar-refractivity contribution in [3.05, 3.63) is 18.5 Å². The average molecular weight is 215 g/mol. The van der Waals surface area contributed by atoms with Crippen molar-refractivity contribution >= 4 is 16.0 Å². The summed E-state index contributed by atoms with van der Waals surface area (Å²) in [5.41, 5.74) is 0. The highest BCUT2D eigenvalue weighted by molar-refractivity contribution is 7.92. The van der Waals surface area contributed by atoms with E-state index in [2.05, 4.69) is 14.7 Å². The summed E-state index contributed by atoms with van der Waals surface area (Å²) in [6.45, 7) is 1.94. The Labute approximate surface area is 83.6 Å². The molecule has 14 heavy (non-hydrogen) atoms. The van der Waals surface area contributed by atoms with E-state index in [4.69, 9.17) is 0 Å². The van der Waals surface area contributed by atoms with Gasteiger partial charge in [0.1, 0.15) is 0 Å². The average Bonchev–Trinajstić information content (AvgIpc) is 2.16. The number of rotatable bonds is 5. The Hall–Kier alpha value is -1.17. The predicted molar refractivity (Wildman–Crippen MR) is 54.3 cm³/mol. The molecule has 0 saturated carbocycles. The van der Waals surface area contributed by atoms with Gasteiger partial charge in [0, 0.05) is 12.4 Å². The second-order valence-corrected chi connectivity index (χ2v) is 4.69. The quantitative estimate of drug-likeness (QED) is 0.796. The third kappa shape index (κ3) is 3.69. The molecular weight excluding hydrogens is 202 g/mol. The minimum atomic E-state index is -3.27. The van der Waals surface area contributed by atoms with Crippen molar-refractivity contribution < 1.29 is 8.42 Å². The van der Waals surface area contributed by atoms with Crippen LogP contribution in [0.3, 0.4) is 0 Å². The molecule has 5 nitrogen and oxygen atoms in total. The summed E-state index contributed by atoms with van der Waals surface area (Å²) >= 11 is 0. The lowest BCUT2D eigenvalue weighted by molar-refractivity contribution is 0.597. The summed E-state index contributed by atoms with van der Waals surface area (Å²) in [6.07, 6.45) is 4.47. The summed E-state index contributed by atoms with van der Waals surface area (Å²) in [6, 6.07) is 1.63. The van der Waals surface area contributed by atoms with Gasteiger partial charge in [-0.05, 0) is 12.5 Å². The molecule has 1 heterocycles. The number of hydrogen-bond donors (Lipinski definition) is 1. The first-order chi connectivity index (χ1) is 6.64. The van der Waals surface area contributed by atoms with Gasteiger partial charge in [0.15, 0.2) is 0 Å². The molecule has 0 radical (unpaired) electrons. The van der Waals surface area contributed by atoms with E-state index in [0.717, 1.165) is 6.42 Å². The monoisotopic (exact) mass is 215 g/mol. The maximum atomic E-state index is 11.4. The van der Waals surface area contributed by atoms with Crippen molar-refractivity contribution in [2.75, 3.05) is 10.5 Å². The molecule has 0 atom stereocenters. The van der Waals surface area contributed by atoms with E-state index < -0.39 is 10.0 Å². The first kappa shape index (κ1) is 10.9. The Kier molecular flexibility index (Phi) is 3.82. The van der Waals surface area contributed by atoms with Crippen LogP contribution in [0.1, 0.15) is 19.8 Å². The second kappa shape index (κ2) is 4.90. The normalized spacial score (nSPS) is 11.2. The van der Waals surface area contributed by atoms with Gasteiger partial charge in [-0.3, -0.25) is 4.72 Å². The van der Waals surface area contributed by atoms with Gasteiger partial charge in [-0.2, -0.15) is 0 Å². The number of unbranched alkanes of at least 4 members (excludes halogenated alkanes) is 1. The van der Waals surface area contributed by atoms with Crippen molar-refractivity contribution in [3.8, 4) is 0 Å². The van der Waals surface area contributed by atoms with E-state index in [9.17, 15) is 8.42 Å². The van der Waals surface area contributed by atoms with E-state index >= 15 is 0 Å². The van der Waals surface area contributed by atoms with Crippen molar-refractivity contribution in [1.29, 1.82) is 0 Å². The van der Waals surface area contributed by atoms with Gasteiger partial charge in [-0.25, -0.2) is 18.4 Å². The third-order valence-electron chi connectivity index (χ3n) is 1.58. The molecule has 0 aliphatic heterocycles. The zero-order valence-corrected chi connectivity index (χ0v) is 8.79. The molecule has 0 saturated heterocycles. The zero-order chi connectivity index (χ0) is 10.4. The standard InChI is InChI=1S/C8H13N3O2S/c1-2-3-7-14(12,13)11-8-9-5-4-6-10-8/h4-6H,2-3,7H2,1H3,(H,9,10,11). The Morgan fingerprint density at radius 3 is 2.57 bits per heavy atom. The number of aromatic nitrogens is 2. The molecular formula is C8H13N3O2S. The number of anilines is 1. The van der Waals surface area contributed by atoms with Crippen molar-refractivity contribution in [2.45, 2.75) is 19.8 Å². The van der Waals surface area contributed by atoms with Crippen LogP contribution in [-0.4, -0.2) is 24.1 Å². The van der Waals surface area contributed by atoms with Crippen LogP contribution in [0.25, 0.3) is 0 Å². The second-order valence-electron chi connectivity index (χ2n) is 2.85. The predicted octanol–water partition coefficient (Wildman–Crippen LogP) is 1.02. The topological polar surface area (TPSA) is 72.0 Å². The van der Waals surface area contributed by atoms with Crippen LogP contribution >= 0.6 is 0 Å². The van der Waals surface area contributed by atoms with E-state index in [0.29, 0.717) is 6.42 Å². The smallest absolute Gasteiger partial charge is 0.236 e. The lowest BCUT2D eigenvalue weighted by atomic mass is 10.4. The number of nitrogens with zero attached hydrogens (tertiary/aromatic N) is 2. The van der Waals surface area contributed by atoms with Crippen molar-refractivity contribution in [3.63, 3.8) is 0 Å². The summed E-state index contributed by atoms with van der Waals surface area (Å²) in [5, 5.41) is 0. The molecule has 1 aromatic heterocycles. The van der Waals surface area contributed by atoms with E-state index in [1.165, 1.54) is 12.4 Å². The molecule has 1 N–H and O–H groups in total. The highest BCUT2D eigenvalue weighted by Gasteiger charge is 2.10. The fraction of sp³-hybridized carbons (Fsp3) is 0.500. The summed E-state index contributed by atoms with van der Waals surface area (Å²) in [5.74, 6) is 0.241.